The van der Waals surface area contributed by atoms with Crippen LogP contribution in [0, 0.1) is 5.92 Å². The number of thiazole rings is 1. The number of piperidine rings is 1. The highest BCUT2D eigenvalue weighted by molar-refractivity contribution is 7.11. The fourth-order valence-electron chi connectivity index (χ4n) is 2.19. The number of halogens is 4. The zero-order valence-electron chi connectivity index (χ0n) is 10.3. The molecule has 1 aromatic rings. The summed E-state index contributed by atoms with van der Waals surface area (Å²) in [6, 6.07) is 0. The predicted octanol–water partition coefficient (Wildman–Crippen LogP) is 2.75. The van der Waals surface area contributed by atoms with Gasteiger partial charge in [0.2, 0.25) is 0 Å². The summed E-state index contributed by atoms with van der Waals surface area (Å²) in [4.78, 5) is 5.37. The van der Waals surface area contributed by atoms with Crippen molar-refractivity contribution in [2.75, 3.05) is 19.6 Å². The number of aromatic nitrogens is 1. The molecule has 1 unspecified atom stereocenters. The van der Waals surface area contributed by atoms with Crippen LogP contribution in [-0.4, -0.2) is 29.5 Å². The largest absolute Gasteiger partial charge is 0.427 e. The molecule has 1 fully saturated rings. The first-order chi connectivity index (χ1) is 8.49. The smallest absolute Gasteiger partial charge is 0.330 e. The van der Waals surface area contributed by atoms with Crippen molar-refractivity contribution >= 4 is 23.7 Å². The molecule has 0 spiro atoms. The number of nitrogens with zero attached hydrogens (tertiary/aromatic N) is 2. The Balaban J connectivity index is 0.00000180. The third kappa shape index (κ3) is 4.59. The van der Waals surface area contributed by atoms with E-state index in [-0.39, 0.29) is 12.4 Å². The van der Waals surface area contributed by atoms with E-state index in [1.54, 1.807) is 0 Å². The molecule has 0 radical (unpaired) electrons. The standard InChI is InChI=1S/C11H16F3N3S.ClH/c12-11(13,14)9-5-16-10(18-9)7-17-3-1-2-8(4-15)6-17;/h5,8H,1-4,6-7,15H2;1H. The number of hydrogen-bond acceptors (Lipinski definition) is 4. The molecule has 2 heterocycles. The van der Waals surface area contributed by atoms with Gasteiger partial charge in [0.05, 0.1) is 12.7 Å². The zero-order valence-corrected chi connectivity index (χ0v) is 12.0. The monoisotopic (exact) mass is 315 g/mol. The van der Waals surface area contributed by atoms with Crippen molar-refractivity contribution in [2.24, 2.45) is 11.7 Å². The Hall–Kier alpha value is -0.370. The minimum Gasteiger partial charge on any atom is -0.330 e. The van der Waals surface area contributed by atoms with Crippen LogP contribution < -0.4 is 5.73 Å². The summed E-state index contributed by atoms with van der Waals surface area (Å²) in [5.41, 5.74) is 5.63. The van der Waals surface area contributed by atoms with E-state index in [1.165, 1.54) is 0 Å². The van der Waals surface area contributed by atoms with E-state index >= 15 is 0 Å². The summed E-state index contributed by atoms with van der Waals surface area (Å²) in [6.07, 6.45) is -1.19. The third-order valence-electron chi connectivity index (χ3n) is 3.13. The summed E-state index contributed by atoms with van der Waals surface area (Å²) in [7, 11) is 0. The Morgan fingerprint density at radius 1 is 1.47 bits per heavy atom. The van der Waals surface area contributed by atoms with Crippen molar-refractivity contribution in [2.45, 2.75) is 25.6 Å². The molecule has 1 aliphatic rings. The summed E-state index contributed by atoms with van der Waals surface area (Å²) in [5.74, 6) is 0.459. The maximum absolute atomic E-state index is 12.4. The highest BCUT2D eigenvalue weighted by Crippen LogP contribution is 2.33. The Labute approximate surface area is 120 Å². The maximum atomic E-state index is 12.4. The number of nitrogens with two attached hydrogens (primary N) is 1. The minimum absolute atomic E-state index is 0. The average molecular weight is 316 g/mol. The second kappa shape index (κ2) is 6.88. The molecule has 0 saturated carbocycles. The molecule has 110 valence electrons. The molecule has 0 amide bonds. The Morgan fingerprint density at radius 2 is 2.21 bits per heavy atom. The van der Waals surface area contributed by atoms with Crippen LogP contribution >= 0.6 is 23.7 Å². The van der Waals surface area contributed by atoms with Crippen LogP contribution in [0.5, 0.6) is 0 Å². The van der Waals surface area contributed by atoms with Crippen LogP contribution in [0.2, 0.25) is 0 Å². The van der Waals surface area contributed by atoms with Gasteiger partial charge in [0.15, 0.2) is 0 Å². The molecule has 0 bridgehead atoms. The van der Waals surface area contributed by atoms with Gasteiger partial charge in [-0.25, -0.2) is 4.98 Å². The topological polar surface area (TPSA) is 42.1 Å². The molecule has 8 heteroatoms. The first-order valence-corrected chi connectivity index (χ1v) is 6.75. The molecule has 2 rings (SSSR count). The first kappa shape index (κ1) is 16.7. The molecular weight excluding hydrogens is 299 g/mol. The van der Waals surface area contributed by atoms with E-state index in [9.17, 15) is 13.2 Å². The lowest BCUT2D eigenvalue weighted by Crippen LogP contribution is -2.37. The molecule has 3 nitrogen and oxygen atoms in total. The molecule has 1 saturated heterocycles. The molecule has 1 atom stereocenters. The second-order valence-corrected chi connectivity index (χ2v) is 5.71. The molecular formula is C11H17ClF3N3S. The van der Waals surface area contributed by atoms with Gasteiger partial charge in [-0.2, -0.15) is 13.2 Å². The lowest BCUT2D eigenvalue weighted by Gasteiger charge is -2.31. The van der Waals surface area contributed by atoms with Crippen molar-refractivity contribution in [3.05, 3.63) is 16.1 Å². The van der Waals surface area contributed by atoms with Gasteiger partial charge in [0.25, 0.3) is 0 Å². The fourth-order valence-corrected chi connectivity index (χ4v) is 3.02. The van der Waals surface area contributed by atoms with Gasteiger partial charge in [0.1, 0.15) is 9.88 Å². The zero-order chi connectivity index (χ0) is 13.2. The Kier molecular flexibility index (Phi) is 6.04. The normalized spacial score (nSPS) is 21.2. The van der Waals surface area contributed by atoms with E-state index in [0.29, 0.717) is 24.0 Å². The lowest BCUT2D eigenvalue weighted by atomic mass is 9.98. The number of hydrogen-bond donors (Lipinski definition) is 1. The number of alkyl halides is 3. The quantitative estimate of drug-likeness (QED) is 0.932. The first-order valence-electron chi connectivity index (χ1n) is 5.93. The van der Waals surface area contributed by atoms with Crippen LogP contribution in [-0.2, 0) is 12.7 Å². The Bertz CT molecular complexity index is 397. The van der Waals surface area contributed by atoms with E-state index in [2.05, 4.69) is 9.88 Å². The minimum atomic E-state index is -4.28. The highest BCUT2D eigenvalue weighted by Gasteiger charge is 2.33. The van der Waals surface area contributed by atoms with Crippen LogP contribution in [0.3, 0.4) is 0 Å². The molecule has 0 aliphatic carbocycles. The summed E-state index contributed by atoms with van der Waals surface area (Å²) >= 11 is 0.733. The second-order valence-electron chi connectivity index (χ2n) is 4.60. The van der Waals surface area contributed by atoms with Gasteiger partial charge in [0, 0.05) is 6.54 Å². The molecule has 1 aromatic heterocycles. The van der Waals surface area contributed by atoms with E-state index < -0.39 is 11.1 Å². The SMILES string of the molecule is Cl.NCC1CCCN(Cc2ncc(C(F)(F)F)s2)C1. The van der Waals surface area contributed by atoms with Crippen LogP contribution in [0.15, 0.2) is 6.20 Å². The van der Waals surface area contributed by atoms with Crippen molar-refractivity contribution in [1.29, 1.82) is 0 Å². The van der Waals surface area contributed by atoms with Gasteiger partial charge < -0.3 is 5.73 Å². The van der Waals surface area contributed by atoms with Crippen LogP contribution in [0.1, 0.15) is 22.7 Å². The van der Waals surface area contributed by atoms with Crippen LogP contribution in [0.4, 0.5) is 13.2 Å². The number of rotatable bonds is 3. The van der Waals surface area contributed by atoms with Gasteiger partial charge in [-0.15, -0.1) is 23.7 Å². The summed E-state index contributed by atoms with van der Waals surface area (Å²) in [5, 5.41) is 0.528. The molecule has 1 aliphatic heterocycles. The Morgan fingerprint density at radius 3 is 2.79 bits per heavy atom. The van der Waals surface area contributed by atoms with Crippen molar-refractivity contribution in [3.8, 4) is 0 Å². The van der Waals surface area contributed by atoms with Gasteiger partial charge in [-0.3, -0.25) is 4.90 Å². The summed E-state index contributed by atoms with van der Waals surface area (Å²) in [6.45, 7) is 2.91. The summed E-state index contributed by atoms with van der Waals surface area (Å²) < 4.78 is 37.3. The van der Waals surface area contributed by atoms with E-state index in [0.717, 1.165) is 43.5 Å². The maximum Gasteiger partial charge on any atom is 0.427 e. The van der Waals surface area contributed by atoms with Gasteiger partial charge >= 0.3 is 6.18 Å². The van der Waals surface area contributed by atoms with E-state index in [4.69, 9.17) is 5.73 Å². The van der Waals surface area contributed by atoms with Crippen molar-refractivity contribution in [3.63, 3.8) is 0 Å². The lowest BCUT2D eigenvalue weighted by molar-refractivity contribution is -0.134. The molecule has 19 heavy (non-hydrogen) atoms. The van der Waals surface area contributed by atoms with Crippen molar-refractivity contribution in [1.82, 2.24) is 9.88 Å². The van der Waals surface area contributed by atoms with Crippen molar-refractivity contribution < 1.29 is 13.2 Å². The molecule has 2 N–H and O–H groups in total. The van der Waals surface area contributed by atoms with Crippen LogP contribution in [0.25, 0.3) is 0 Å². The predicted molar refractivity (Wildman–Crippen MR) is 71.4 cm³/mol. The average Bonchev–Trinajstić information content (AvgIpc) is 2.77. The van der Waals surface area contributed by atoms with Gasteiger partial charge in [-0.1, -0.05) is 0 Å². The van der Waals surface area contributed by atoms with Gasteiger partial charge in [-0.05, 0) is 31.8 Å². The molecule has 0 aromatic carbocycles. The number of likely N-dealkylation sites (tertiary alicyclic amines) is 1. The fraction of sp³-hybridized carbons (Fsp3) is 0.727. The third-order valence-corrected chi connectivity index (χ3v) is 4.16. The highest BCUT2D eigenvalue weighted by atomic mass is 35.5. The van der Waals surface area contributed by atoms with E-state index in [1.807, 2.05) is 0 Å².